The summed E-state index contributed by atoms with van der Waals surface area (Å²) in [6.07, 6.45) is 0. The fraction of sp³-hybridized carbons (Fsp3) is 0.143. The van der Waals surface area contributed by atoms with E-state index in [1.54, 1.807) is 7.11 Å². The summed E-state index contributed by atoms with van der Waals surface area (Å²) in [6.45, 7) is 0. The first kappa shape index (κ1) is 9.41. The Morgan fingerprint density at radius 3 is 2.30 bits per heavy atom. The molecule has 0 spiro atoms. The van der Waals surface area contributed by atoms with Gasteiger partial charge >= 0.3 is 0 Å². The number of methoxy groups -OCH3 is 1. The smallest absolute Gasteiger partial charge is 0.125 e. The van der Waals surface area contributed by atoms with Gasteiger partial charge < -0.3 is 10.2 Å². The van der Waals surface area contributed by atoms with Crippen LogP contribution in [-0.2, 0) is 0 Å². The second-order valence-corrected chi connectivity index (χ2v) is 2.36. The number of hydrogen-bond donors (Lipinski definition) is 0. The lowest BCUT2D eigenvalue weighted by molar-refractivity contribution is 0.418. The van der Waals surface area contributed by atoms with E-state index in [9.17, 15) is 0 Å². The Kier molecular flexibility index (Phi) is 4.01. The van der Waals surface area contributed by atoms with E-state index in [2.05, 4.69) is 9.24 Å². The minimum atomic E-state index is 0. The fourth-order valence-corrected chi connectivity index (χ4v) is 0.992. The third-order valence-electron chi connectivity index (χ3n) is 1.14. The summed E-state index contributed by atoms with van der Waals surface area (Å²) in [6, 6.07) is 7.85. The van der Waals surface area contributed by atoms with Crippen molar-refractivity contribution in [2.75, 3.05) is 7.11 Å². The van der Waals surface area contributed by atoms with Crippen LogP contribution in [0.1, 0.15) is 0 Å². The van der Waals surface area contributed by atoms with Gasteiger partial charge in [0.2, 0.25) is 0 Å². The van der Waals surface area contributed by atoms with Crippen LogP contribution in [-0.4, -0.2) is 12.6 Å². The van der Waals surface area contributed by atoms with Gasteiger partial charge in [0.15, 0.2) is 0 Å². The van der Waals surface area contributed by atoms with E-state index in [0.717, 1.165) is 11.1 Å². The molecule has 1 aromatic carbocycles. The second-order valence-electron chi connectivity index (χ2n) is 1.74. The normalized spacial score (nSPS) is 8.20. The van der Waals surface area contributed by atoms with Crippen LogP contribution in [0.2, 0.25) is 0 Å². The van der Waals surface area contributed by atoms with Gasteiger partial charge in [-0.3, -0.25) is 0 Å². The van der Waals surface area contributed by atoms with Gasteiger partial charge in [-0.05, 0) is 6.07 Å². The molecule has 56 valence electrons. The Morgan fingerprint density at radius 2 is 1.90 bits per heavy atom. The molecule has 10 heavy (non-hydrogen) atoms. The molecule has 0 fully saturated rings. The predicted molar refractivity (Wildman–Crippen MR) is 46.0 cm³/mol. The van der Waals surface area contributed by atoms with E-state index >= 15 is 0 Å². The first-order valence-electron chi connectivity index (χ1n) is 2.73. The molecule has 1 rings (SSSR count). The molecular formula is C7H11O2P. The zero-order valence-corrected chi connectivity index (χ0v) is 6.95. The van der Waals surface area contributed by atoms with Crippen LogP contribution in [0.25, 0.3) is 0 Å². The van der Waals surface area contributed by atoms with Gasteiger partial charge in [0.05, 0.1) is 7.11 Å². The van der Waals surface area contributed by atoms with Crippen molar-refractivity contribution in [2.24, 2.45) is 0 Å². The molecule has 0 aliphatic carbocycles. The summed E-state index contributed by atoms with van der Waals surface area (Å²) in [5, 5.41) is 1.10. The molecule has 0 aliphatic heterocycles. The molecule has 0 aromatic heterocycles. The lowest BCUT2D eigenvalue weighted by Crippen LogP contribution is -1.95. The summed E-state index contributed by atoms with van der Waals surface area (Å²) in [7, 11) is 4.28. The van der Waals surface area contributed by atoms with Gasteiger partial charge in [-0.15, -0.1) is 9.24 Å². The average molecular weight is 158 g/mol. The van der Waals surface area contributed by atoms with Crippen molar-refractivity contribution < 1.29 is 10.2 Å². The quantitative estimate of drug-likeness (QED) is 0.544. The minimum Gasteiger partial charge on any atom is -0.496 e. The Balaban J connectivity index is 0.000000810. The van der Waals surface area contributed by atoms with Crippen LogP contribution in [0.5, 0.6) is 5.75 Å². The highest BCUT2D eigenvalue weighted by Crippen LogP contribution is 2.07. The molecule has 0 amide bonds. The van der Waals surface area contributed by atoms with E-state index in [0.29, 0.717) is 0 Å². The van der Waals surface area contributed by atoms with Crippen molar-refractivity contribution in [3.63, 3.8) is 0 Å². The third kappa shape index (κ3) is 1.98. The number of ether oxygens (including phenoxy) is 1. The van der Waals surface area contributed by atoms with Gasteiger partial charge in [-0.1, -0.05) is 18.2 Å². The molecule has 1 unspecified atom stereocenters. The number of para-hydroxylation sites is 1. The average Bonchev–Trinajstić information content (AvgIpc) is 1.89. The van der Waals surface area contributed by atoms with Crippen LogP contribution in [0.3, 0.4) is 0 Å². The molecule has 0 saturated heterocycles. The highest BCUT2D eigenvalue weighted by molar-refractivity contribution is 7.27. The molecule has 1 aromatic rings. The third-order valence-corrected chi connectivity index (χ3v) is 1.62. The number of benzene rings is 1. The highest BCUT2D eigenvalue weighted by atomic mass is 31.0. The maximum atomic E-state index is 5.02. The molecule has 1 atom stereocenters. The van der Waals surface area contributed by atoms with E-state index in [1.807, 2.05) is 24.3 Å². The molecular weight excluding hydrogens is 147 g/mol. The van der Waals surface area contributed by atoms with Crippen LogP contribution in [0.15, 0.2) is 24.3 Å². The molecule has 0 bridgehead atoms. The lowest BCUT2D eigenvalue weighted by Gasteiger charge is -2.00. The second kappa shape index (κ2) is 4.26. The van der Waals surface area contributed by atoms with E-state index in [-0.39, 0.29) is 5.48 Å². The highest BCUT2D eigenvalue weighted by Gasteiger charge is 1.91. The van der Waals surface area contributed by atoms with Crippen molar-refractivity contribution in [1.29, 1.82) is 0 Å². The summed E-state index contributed by atoms with van der Waals surface area (Å²) in [4.78, 5) is 0. The first-order valence-corrected chi connectivity index (χ1v) is 3.31. The standard InChI is InChI=1S/C7H9OP.H2O/c1-8-6-4-2-3-5-7(6)9;/h2-5H,9H2,1H3;1H2. The number of rotatable bonds is 1. The van der Waals surface area contributed by atoms with Gasteiger partial charge in [-0.2, -0.15) is 0 Å². The molecule has 2 nitrogen and oxygen atoms in total. The topological polar surface area (TPSA) is 40.7 Å². The fourth-order valence-electron chi connectivity index (χ4n) is 0.666. The minimum absolute atomic E-state index is 0. The van der Waals surface area contributed by atoms with Crippen molar-refractivity contribution >= 4 is 14.5 Å². The lowest BCUT2D eigenvalue weighted by atomic mass is 10.3. The maximum absolute atomic E-state index is 5.02. The Morgan fingerprint density at radius 1 is 1.30 bits per heavy atom. The van der Waals surface area contributed by atoms with Gasteiger partial charge in [0.25, 0.3) is 0 Å². The first-order chi connectivity index (χ1) is 4.34. The molecule has 0 saturated carbocycles. The van der Waals surface area contributed by atoms with Gasteiger partial charge in [0, 0.05) is 5.30 Å². The summed E-state index contributed by atoms with van der Waals surface area (Å²) >= 11 is 0. The Labute approximate surface area is 62.7 Å². The molecule has 0 radical (unpaired) electrons. The molecule has 0 heterocycles. The zero-order chi connectivity index (χ0) is 6.69. The van der Waals surface area contributed by atoms with Crippen molar-refractivity contribution in [1.82, 2.24) is 0 Å². The SMILES string of the molecule is COc1ccccc1P.O. The van der Waals surface area contributed by atoms with Crippen LogP contribution >= 0.6 is 9.24 Å². The maximum Gasteiger partial charge on any atom is 0.125 e. The molecule has 3 heteroatoms. The Hall–Kier alpha value is -0.590. The van der Waals surface area contributed by atoms with Crippen molar-refractivity contribution in [2.45, 2.75) is 0 Å². The van der Waals surface area contributed by atoms with E-state index < -0.39 is 0 Å². The van der Waals surface area contributed by atoms with Crippen LogP contribution < -0.4 is 10.0 Å². The predicted octanol–water partition coefficient (Wildman–Crippen LogP) is 0.371. The summed E-state index contributed by atoms with van der Waals surface area (Å²) in [5.41, 5.74) is 0. The van der Waals surface area contributed by atoms with E-state index in [4.69, 9.17) is 4.74 Å². The summed E-state index contributed by atoms with van der Waals surface area (Å²) in [5.74, 6) is 0.919. The van der Waals surface area contributed by atoms with Crippen molar-refractivity contribution in [3.05, 3.63) is 24.3 Å². The zero-order valence-electron chi connectivity index (χ0n) is 5.79. The summed E-state index contributed by atoms with van der Waals surface area (Å²) < 4.78 is 5.02. The van der Waals surface area contributed by atoms with Crippen molar-refractivity contribution in [3.8, 4) is 5.75 Å². The van der Waals surface area contributed by atoms with Gasteiger partial charge in [-0.25, -0.2) is 0 Å². The van der Waals surface area contributed by atoms with E-state index in [1.165, 1.54) is 0 Å². The van der Waals surface area contributed by atoms with Crippen LogP contribution in [0, 0.1) is 0 Å². The Bertz CT molecular complexity index is 201. The molecule has 0 aliphatic rings. The van der Waals surface area contributed by atoms with Crippen LogP contribution in [0.4, 0.5) is 0 Å². The monoisotopic (exact) mass is 158 g/mol. The largest absolute Gasteiger partial charge is 0.496 e. The molecule has 2 N–H and O–H groups in total. The van der Waals surface area contributed by atoms with Gasteiger partial charge in [0.1, 0.15) is 5.75 Å². The number of hydrogen-bond acceptors (Lipinski definition) is 1.